The average Bonchev–Trinajstić information content (AvgIpc) is 3.47. The van der Waals surface area contributed by atoms with Crippen molar-refractivity contribution in [2.75, 3.05) is 0 Å². The van der Waals surface area contributed by atoms with Crippen LogP contribution >= 0.6 is 0 Å². The summed E-state index contributed by atoms with van der Waals surface area (Å²) in [4.78, 5) is 16.1. The number of nitrogens with one attached hydrogen (secondary N) is 4. The van der Waals surface area contributed by atoms with Crippen molar-refractivity contribution < 1.29 is 0 Å². The number of nitrogens with zero attached hydrogens (tertiary/aromatic N) is 2. The molecule has 6 rings (SSSR count). The van der Waals surface area contributed by atoms with Gasteiger partial charge in [0.2, 0.25) is 0 Å². The van der Waals surface area contributed by atoms with Crippen LogP contribution in [0.15, 0.2) is 72.8 Å². The summed E-state index contributed by atoms with van der Waals surface area (Å²) in [6, 6.07) is 23.5. The smallest absolute Gasteiger partial charge is 0.138 e. The number of imidazole rings is 2. The fourth-order valence-corrected chi connectivity index (χ4v) is 4.31. The van der Waals surface area contributed by atoms with E-state index in [-0.39, 0.29) is 11.7 Å². The number of aromatic amines is 2. The Kier molecular flexibility index (Phi) is 4.21. The second kappa shape index (κ2) is 7.28. The molecule has 8 N–H and O–H groups in total. The predicted molar refractivity (Wildman–Crippen MR) is 136 cm³/mol. The minimum atomic E-state index is -0.00398. The molecule has 0 saturated carbocycles. The summed E-state index contributed by atoms with van der Waals surface area (Å²) < 4.78 is 0. The molecule has 2 heterocycles. The van der Waals surface area contributed by atoms with Gasteiger partial charge in [-0.1, -0.05) is 36.4 Å². The molecule has 6 aromatic rings. The molecule has 0 bridgehead atoms. The van der Waals surface area contributed by atoms with Gasteiger partial charge < -0.3 is 21.4 Å². The lowest BCUT2D eigenvalue weighted by molar-refractivity contribution is 1.33. The fraction of sp³-hybridized carbons (Fsp3) is 0. The molecule has 8 heteroatoms. The monoisotopic (exact) mass is 444 g/mol. The van der Waals surface area contributed by atoms with Crippen LogP contribution in [0.1, 0.15) is 11.1 Å². The lowest BCUT2D eigenvalue weighted by Gasteiger charge is -2.04. The van der Waals surface area contributed by atoms with Gasteiger partial charge >= 0.3 is 0 Å². The Morgan fingerprint density at radius 1 is 0.618 bits per heavy atom. The zero-order valence-electron chi connectivity index (χ0n) is 18.0. The summed E-state index contributed by atoms with van der Waals surface area (Å²) in [5, 5.41) is 17.7. The van der Waals surface area contributed by atoms with E-state index in [0.29, 0.717) is 22.2 Å². The number of H-pyrrole nitrogens is 2. The maximum Gasteiger partial charge on any atom is 0.138 e. The molecule has 0 fully saturated rings. The SMILES string of the molecule is N=C(N)c1cccc2[nH]c(-c3ccc4cc(-c5nc6c(C(=N)N)cccc6[nH]5)ccc4c3)nc12. The summed E-state index contributed by atoms with van der Waals surface area (Å²) in [6.45, 7) is 0. The van der Waals surface area contributed by atoms with Gasteiger partial charge in [-0.15, -0.1) is 0 Å². The Bertz CT molecular complexity index is 1640. The summed E-state index contributed by atoms with van der Waals surface area (Å²) in [5.41, 5.74) is 17.6. The second-order valence-electron chi connectivity index (χ2n) is 8.18. The second-order valence-corrected chi connectivity index (χ2v) is 8.18. The summed E-state index contributed by atoms with van der Waals surface area (Å²) >= 11 is 0. The number of benzene rings is 4. The lowest BCUT2D eigenvalue weighted by Crippen LogP contribution is -2.11. The highest BCUT2D eigenvalue weighted by molar-refractivity contribution is 6.07. The first-order valence-corrected chi connectivity index (χ1v) is 10.7. The van der Waals surface area contributed by atoms with Crippen molar-refractivity contribution in [1.82, 2.24) is 19.9 Å². The van der Waals surface area contributed by atoms with Gasteiger partial charge in [-0.25, -0.2) is 9.97 Å². The Morgan fingerprint density at radius 2 is 1.06 bits per heavy atom. The first kappa shape index (κ1) is 19.7. The van der Waals surface area contributed by atoms with E-state index in [1.54, 1.807) is 12.1 Å². The minimum absolute atomic E-state index is 0.00398. The van der Waals surface area contributed by atoms with Crippen molar-refractivity contribution in [3.05, 3.63) is 83.9 Å². The molecular formula is C26H20N8. The third-order valence-corrected chi connectivity index (χ3v) is 5.99. The Balaban J connectivity index is 1.41. The zero-order valence-corrected chi connectivity index (χ0v) is 18.0. The van der Waals surface area contributed by atoms with Crippen LogP contribution in [0.2, 0.25) is 0 Å². The van der Waals surface area contributed by atoms with E-state index >= 15 is 0 Å². The number of hydrogen-bond donors (Lipinski definition) is 6. The molecule has 0 aliphatic rings. The van der Waals surface area contributed by atoms with Gasteiger partial charge in [0.25, 0.3) is 0 Å². The predicted octanol–water partition coefficient (Wildman–Crippen LogP) is 4.49. The van der Waals surface area contributed by atoms with Crippen molar-refractivity contribution in [1.29, 1.82) is 10.8 Å². The van der Waals surface area contributed by atoms with Gasteiger partial charge in [-0.2, -0.15) is 0 Å². The number of nitrogen functional groups attached to an aromatic ring is 2. The molecule has 2 aromatic heterocycles. The quantitative estimate of drug-likeness (QED) is 0.175. The van der Waals surface area contributed by atoms with Crippen LogP contribution in [0, 0.1) is 10.8 Å². The highest BCUT2D eigenvalue weighted by Gasteiger charge is 2.13. The van der Waals surface area contributed by atoms with Crippen molar-refractivity contribution in [2.24, 2.45) is 11.5 Å². The van der Waals surface area contributed by atoms with E-state index < -0.39 is 0 Å². The van der Waals surface area contributed by atoms with E-state index in [2.05, 4.69) is 34.2 Å². The average molecular weight is 445 g/mol. The van der Waals surface area contributed by atoms with Crippen molar-refractivity contribution in [3.63, 3.8) is 0 Å². The normalized spacial score (nSPS) is 11.4. The first-order valence-electron chi connectivity index (χ1n) is 10.7. The molecule has 0 aliphatic carbocycles. The molecule has 0 spiro atoms. The van der Waals surface area contributed by atoms with Crippen LogP contribution < -0.4 is 11.5 Å². The zero-order chi connectivity index (χ0) is 23.4. The van der Waals surface area contributed by atoms with E-state index in [1.165, 1.54) is 0 Å². The van der Waals surface area contributed by atoms with Crippen molar-refractivity contribution in [3.8, 4) is 22.8 Å². The molecule has 0 aliphatic heterocycles. The van der Waals surface area contributed by atoms with E-state index in [1.807, 2.05) is 36.4 Å². The molecule has 0 radical (unpaired) electrons. The van der Waals surface area contributed by atoms with Crippen LogP contribution in [-0.2, 0) is 0 Å². The summed E-state index contributed by atoms with van der Waals surface area (Å²) in [6.07, 6.45) is 0. The van der Waals surface area contributed by atoms with Gasteiger partial charge in [0.1, 0.15) is 23.3 Å². The Hall–Kier alpha value is -4.98. The fourth-order valence-electron chi connectivity index (χ4n) is 4.31. The van der Waals surface area contributed by atoms with Crippen molar-refractivity contribution >= 4 is 44.5 Å². The number of amidine groups is 2. The van der Waals surface area contributed by atoms with E-state index in [9.17, 15) is 0 Å². The maximum atomic E-state index is 7.80. The molecule has 34 heavy (non-hydrogen) atoms. The number of nitrogens with two attached hydrogens (primary N) is 2. The number of rotatable bonds is 4. The largest absolute Gasteiger partial charge is 0.384 e. The van der Waals surface area contributed by atoms with Gasteiger partial charge in [0.05, 0.1) is 22.1 Å². The Labute approximate surface area is 193 Å². The molecule has 0 atom stereocenters. The van der Waals surface area contributed by atoms with E-state index in [0.717, 1.165) is 44.6 Å². The molecule has 8 nitrogen and oxygen atoms in total. The first-order chi connectivity index (χ1) is 16.5. The van der Waals surface area contributed by atoms with Crippen LogP contribution in [-0.4, -0.2) is 31.6 Å². The Morgan fingerprint density at radius 3 is 1.47 bits per heavy atom. The topological polar surface area (TPSA) is 157 Å². The van der Waals surface area contributed by atoms with Gasteiger partial charge in [0, 0.05) is 22.3 Å². The van der Waals surface area contributed by atoms with Crippen LogP contribution in [0.25, 0.3) is 55.6 Å². The highest BCUT2D eigenvalue weighted by atomic mass is 14.9. The maximum absolute atomic E-state index is 7.80. The van der Waals surface area contributed by atoms with Gasteiger partial charge in [-0.05, 0) is 47.2 Å². The van der Waals surface area contributed by atoms with Gasteiger partial charge in [-0.3, -0.25) is 10.8 Å². The van der Waals surface area contributed by atoms with Crippen LogP contribution in [0.5, 0.6) is 0 Å². The number of fused-ring (bicyclic) bond motifs is 3. The highest BCUT2D eigenvalue weighted by Crippen LogP contribution is 2.29. The number of aromatic nitrogens is 4. The summed E-state index contributed by atoms with van der Waals surface area (Å²) in [7, 11) is 0. The summed E-state index contributed by atoms with van der Waals surface area (Å²) in [5.74, 6) is 1.44. The number of hydrogen-bond acceptors (Lipinski definition) is 4. The minimum Gasteiger partial charge on any atom is -0.384 e. The van der Waals surface area contributed by atoms with Crippen LogP contribution in [0.4, 0.5) is 0 Å². The molecule has 164 valence electrons. The van der Waals surface area contributed by atoms with Crippen LogP contribution in [0.3, 0.4) is 0 Å². The molecule has 0 unspecified atom stereocenters. The lowest BCUT2D eigenvalue weighted by atomic mass is 10.0. The standard InChI is InChI=1S/C26H20N8/c27-23(28)17-3-1-5-19-21(17)33-25(31-19)15-9-7-14-12-16(10-8-13(14)11-15)26-32-20-6-2-4-18(24(29)30)22(20)34-26/h1-12H,(H3,27,28)(H3,29,30)(H,31,33)(H,32,34). The number of para-hydroxylation sites is 2. The molecule has 0 amide bonds. The van der Waals surface area contributed by atoms with E-state index in [4.69, 9.17) is 32.3 Å². The third-order valence-electron chi connectivity index (χ3n) is 5.99. The molecule has 4 aromatic carbocycles. The molecule has 0 saturated heterocycles. The van der Waals surface area contributed by atoms with Crippen molar-refractivity contribution in [2.45, 2.75) is 0 Å². The van der Waals surface area contributed by atoms with Gasteiger partial charge in [0.15, 0.2) is 0 Å². The molecular weight excluding hydrogens is 424 g/mol. The third kappa shape index (κ3) is 3.08.